The molecule has 0 bridgehead atoms. The van der Waals surface area contributed by atoms with E-state index in [-0.39, 0.29) is 11.4 Å². The highest BCUT2D eigenvalue weighted by molar-refractivity contribution is 7.86. The molecule has 0 radical (unpaired) electrons. The minimum atomic E-state index is -4.21. The summed E-state index contributed by atoms with van der Waals surface area (Å²) in [4.78, 5) is 5.39. The van der Waals surface area contributed by atoms with Gasteiger partial charge >= 0.3 is 0 Å². The van der Waals surface area contributed by atoms with E-state index in [9.17, 15) is 8.42 Å². The molecule has 13 heteroatoms. The van der Waals surface area contributed by atoms with Crippen LogP contribution < -0.4 is 0 Å². The second kappa shape index (κ2) is 8.17. The Bertz CT molecular complexity index is 955. The average Bonchev–Trinajstić information content (AvgIpc) is 3.12. The molecule has 0 spiro atoms. The molecule has 1 aromatic carbocycles. The Morgan fingerprint density at radius 2 is 1.90 bits per heavy atom. The fourth-order valence-electron chi connectivity index (χ4n) is 3.24. The van der Waals surface area contributed by atoms with Crippen molar-refractivity contribution >= 4 is 10.1 Å². The molecule has 5 atom stereocenters. The zero-order valence-electron chi connectivity index (χ0n) is 15.9. The standard InChI is InChI=1S/C16H20N6O6S/c1-9-4-6-10(7-5-9)29(23,24)28-11(8-19-21-17)13-12(20-22-18)14-15(25-13)27-16(2,3)26-14/h4-7,11-15H,8H2,1-3H3/t11?,12-,13+,14+,15+/m0/s1. The van der Waals surface area contributed by atoms with E-state index in [2.05, 4.69) is 20.1 Å². The van der Waals surface area contributed by atoms with E-state index >= 15 is 0 Å². The lowest BCUT2D eigenvalue weighted by Gasteiger charge is -2.27. The number of ether oxygens (including phenoxy) is 3. The largest absolute Gasteiger partial charge is 0.343 e. The van der Waals surface area contributed by atoms with Gasteiger partial charge in [-0.15, -0.1) is 0 Å². The Labute approximate surface area is 167 Å². The SMILES string of the molecule is Cc1ccc(S(=O)(=O)OC(CN=[N+]=[N-])[C@H]2O[C@@H]3OC(C)(C)O[C@@H]3[C@H]2N=[N+]=[N-])cc1. The highest BCUT2D eigenvalue weighted by Crippen LogP contribution is 2.40. The van der Waals surface area contributed by atoms with Gasteiger partial charge in [0.2, 0.25) is 0 Å². The molecule has 2 heterocycles. The van der Waals surface area contributed by atoms with Crippen molar-refractivity contribution < 1.29 is 26.8 Å². The number of azide groups is 2. The van der Waals surface area contributed by atoms with Crippen molar-refractivity contribution in [3.05, 3.63) is 50.7 Å². The van der Waals surface area contributed by atoms with Crippen LogP contribution in [0, 0.1) is 6.92 Å². The van der Waals surface area contributed by atoms with Crippen LogP contribution in [-0.2, 0) is 28.5 Å². The summed E-state index contributed by atoms with van der Waals surface area (Å²) in [5.74, 6) is -0.960. The summed E-state index contributed by atoms with van der Waals surface area (Å²) in [6.45, 7) is 4.80. The molecule has 156 valence electrons. The van der Waals surface area contributed by atoms with Crippen LogP contribution in [0.25, 0.3) is 20.9 Å². The van der Waals surface area contributed by atoms with Crippen molar-refractivity contribution in [1.29, 1.82) is 0 Å². The Morgan fingerprint density at radius 3 is 2.52 bits per heavy atom. The smallest absolute Gasteiger partial charge is 0.297 e. The molecule has 0 N–H and O–H groups in total. The molecule has 29 heavy (non-hydrogen) atoms. The first kappa shape index (κ1) is 21.3. The molecule has 0 aliphatic carbocycles. The van der Waals surface area contributed by atoms with Gasteiger partial charge in [0, 0.05) is 9.82 Å². The fraction of sp³-hybridized carbons (Fsp3) is 0.625. The second-order valence-corrected chi connectivity index (χ2v) is 8.65. The van der Waals surface area contributed by atoms with Gasteiger partial charge in [-0.25, -0.2) is 0 Å². The van der Waals surface area contributed by atoms with E-state index in [1.807, 2.05) is 6.92 Å². The summed E-state index contributed by atoms with van der Waals surface area (Å²) in [7, 11) is -4.21. The van der Waals surface area contributed by atoms with Crippen molar-refractivity contribution in [2.24, 2.45) is 10.2 Å². The summed E-state index contributed by atoms with van der Waals surface area (Å²) in [6.07, 6.45) is -3.97. The lowest BCUT2D eigenvalue weighted by molar-refractivity contribution is -0.213. The first-order valence-corrected chi connectivity index (χ1v) is 10.1. The molecule has 0 amide bonds. The van der Waals surface area contributed by atoms with E-state index in [4.69, 9.17) is 29.5 Å². The van der Waals surface area contributed by atoms with Crippen LogP contribution in [0.4, 0.5) is 0 Å². The normalized spacial score (nSPS) is 28.8. The molecular weight excluding hydrogens is 404 g/mol. The molecular formula is C16H20N6O6S. The number of hydrogen-bond acceptors (Lipinski definition) is 8. The second-order valence-electron chi connectivity index (χ2n) is 7.08. The number of hydrogen-bond donors (Lipinski definition) is 0. The van der Waals surface area contributed by atoms with Gasteiger partial charge in [0.25, 0.3) is 10.1 Å². The van der Waals surface area contributed by atoms with Gasteiger partial charge in [-0.05, 0) is 44.0 Å². The van der Waals surface area contributed by atoms with Crippen molar-refractivity contribution in [2.45, 2.75) is 62.1 Å². The topological polar surface area (TPSA) is 169 Å². The van der Waals surface area contributed by atoms with Crippen molar-refractivity contribution in [3.8, 4) is 0 Å². The van der Waals surface area contributed by atoms with Crippen LogP contribution in [0.5, 0.6) is 0 Å². The van der Waals surface area contributed by atoms with Crippen LogP contribution in [0.1, 0.15) is 19.4 Å². The van der Waals surface area contributed by atoms with Crippen LogP contribution in [0.15, 0.2) is 39.4 Å². The quantitative estimate of drug-likeness (QED) is 0.282. The van der Waals surface area contributed by atoms with Gasteiger partial charge in [-0.2, -0.15) is 8.42 Å². The summed E-state index contributed by atoms with van der Waals surface area (Å²) in [5, 5.41) is 7.12. The van der Waals surface area contributed by atoms with Gasteiger partial charge in [0.05, 0.1) is 23.6 Å². The highest BCUT2D eigenvalue weighted by atomic mass is 32.2. The molecule has 2 saturated heterocycles. The van der Waals surface area contributed by atoms with E-state index < -0.39 is 46.5 Å². The maximum absolute atomic E-state index is 12.7. The van der Waals surface area contributed by atoms with Crippen LogP contribution >= 0.6 is 0 Å². The summed E-state index contributed by atoms with van der Waals surface area (Å²) < 4.78 is 47.9. The maximum atomic E-state index is 12.7. The van der Waals surface area contributed by atoms with E-state index in [0.717, 1.165) is 5.56 Å². The third-order valence-corrected chi connectivity index (χ3v) is 5.84. The predicted octanol–water partition coefficient (Wildman–Crippen LogP) is 2.93. The average molecular weight is 424 g/mol. The van der Waals surface area contributed by atoms with Crippen LogP contribution in [0.3, 0.4) is 0 Å². The number of rotatable bonds is 7. The Morgan fingerprint density at radius 1 is 1.21 bits per heavy atom. The molecule has 1 aromatic rings. The van der Waals surface area contributed by atoms with E-state index in [1.54, 1.807) is 26.0 Å². The van der Waals surface area contributed by atoms with Gasteiger partial charge in [-0.1, -0.05) is 27.9 Å². The zero-order chi connectivity index (χ0) is 21.2. The molecule has 12 nitrogen and oxygen atoms in total. The lowest BCUT2D eigenvalue weighted by atomic mass is 10.0. The molecule has 0 saturated carbocycles. The third-order valence-electron chi connectivity index (χ3n) is 4.49. The molecule has 2 aliphatic heterocycles. The highest BCUT2D eigenvalue weighted by Gasteiger charge is 2.56. The lowest BCUT2D eigenvalue weighted by Crippen LogP contribution is -2.43. The van der Waals surface area contributed by atoms with Crippen molar-refractivity contribution in [3.63, 3.8) is 0 Å². The summed E-state index contributed by atoms with van der Waals surface area (Å²) in [5.41, 5.74) is 18.5. The van der Waals surface area contributed by atoms with Crippen molar-refractivity contribution in [2.75, 3.05) is 6.54 Å². The van der Waals surface area contributed by atoms with E-state index in [1.165, 1.54) is 12.1 Å². The van der Waals surface area contributed by atoms with Crippen LogP contribution in [0.2, 0.25) is 0 Å². The molecule has 2 aliphatic rings. The number of benzene rings is 1. The first-order chi connectivity index (χ1) is 13.7. The summed E-state index contributed by atoms with van der Waals surface area (Å²) >= 11 is 0. The fourth-order valence-corrected chi connectivity index (χ4v) is 4.32. The number of fused-ring (bicyclic) bond motifs is 1. The number of aryl methyl sites for hydroxylation is 1. The Balaban J connectivity index is 1.89. The Kier molecular flexibility index (Phi) is 6.01. The predicted molar refractivity (Wildman–Crippen MR) is 98.9 cm³/mol. The first-order valence-electron chi connectivity index (χ1n) is 8.73. The minimum absolute atomic E-state index is 0.0683. The molecule has 0 aromatic heterocycles. The summed E-state index contributed by atoms with van der Waals surface area (Å²) in [6, 6.07) is 5.11. The molecule has 2 fully saturated rings. The van der Waals surface area contributed by atoms with E-state index in [0.29, 0.717) is 0 Å². The molecule has 1 unspecified atom stereocenters. The van der Waals surface area contributed by atoms with Gasteiger partial charge in [0.1, 0.15) is 12.2 Å². The maximum Gasteiger partial charge on any atom is 0.297 e. The van der Waals surface area contributed by atoms with Gasteiger partial charge < -0.3 is 14.2 Å². The minimum Gasteiger partial charge on any atom is -0.343 e. The zero-order valence-corrected chi connectivity index (χ0v) is 16.8. The monoisotopic (exact) mass is 424 g/mol. The van der Waals surface area contributed by atoms with Crippen molar-refractivity contribution in [1.82, 2.24) is 0 Å². The number of nitrogens with zero attached hydrogens (tertiary/aromatic N) is 6. The van der Waals surface area contributed by atoms with Gasteiger partial charge in [-0.3, -0.25) is 4.18 Å². The van der Waals surface area contributed by atoms with Gasteiger partial charge in [0.15, 0.2) is 12.1 Å². The third kappa shape index (κ3) is 4.62. The Hall–Kier alpha value is -2.37. The van der Waals surface area contributed by atoms with Crippen LogP contribution in [-0.4, -0.2) is 51.4 Å². The molecule has 3 rings (SSSR count).